The van der Waals surface area contributed by atoms with Gasteiger partial charge in [0.1, 0.15) is 0 Å². The minimum absolute atomic E-state index is 0.0355. The van der Waals surface area contributed by atoms with Crippen molar-refractivity contribution in [2.45, 2.75) is 38.6 Å². The maximum atomic E-state index is 11.9. The summed E-state index contributed by atoms with van der Waals surface area (Å²) in [6, 6.07) is 6.59. The zero-order chi connectivity index (χ0) is 15.4. The van der Waals surface area contributed by atoms with Crippen LogP contribution in [0.15, 0.2) is 18.2 Å². The average molecular weight is 307 g/mol. The molecule has 1 aromatic rings. The van der Waals surface area contributed by atoms with Crippen molar-refractivity contribution in [3.63, 3.8) is 0 Å². The second-order valence-electron chi connectivity index (χ2n) is 5.66. The van der Waals surface area contributed by atoms with Crippen LogP contribution in [0, 0.1) is 0 Å². The molecule has 0 aliphatic heterocycles. The molecule has 4 nitrogen and oxygen atoms in total. The van der Waals surface area contributed by atoms with Crippen LogP contribution in [0.5, 0.6) is 0 Å². The zero-order valence-electron chi connectivity index (χ0n) is 12.4. The molecular formula is C16H21NO3S. The van der Waals surface area contributed by atoms with Gasteiger partial charge in [0.25, 0.3) is 0 Å². The molecule has 0 aromatic heterocycles. The number of aryl methyl sites for hydroxylation is 1. The number of rotatable bonds is 6. The molecule has 2 rings (SSSR count). The van der Waals surface area contributed by atoms with Gasteiger partial charge in [-0.1, -0.05) is 32.0 Å². The van der Waals surface area contributed by atoms with E-state index >= 15 is 0 Å². The lowest BCUT2D eigenvalue weighted by Gasteiger charge is -2.16. The quantitative estimate of drug-likeness (QED) is 0.848. The van der Waals surface area contributed by atoms with Gasteiger partial charge < -0.3 is 10.4 Å². The third kappa shape index (κ3) is 4.24. The Bertz CT molecular complexity index is 542. The van der Waals surface area contributed by atoms with E-state index in [0.29, 0.717) is 5.92 Å². The van der Waals surface area contributed by atoms with Crippen LogP contribution >= 0.6 is 11.8 Å². The van der Waals surface area contributed by atoms with Gasteiger partial charge in [-0.05, 0) is 35.4 Å². The molecule has 114 valence electrons. The maximum absolute atomic E-state index is 11.9. The minimum Gasteiger partial charge on any atom is -0.481 e. The van der Waals surface area contributed by atoms with Crippen LogP contribution in [-0.2, 0) is 16.0 Å². The standard InChI is InChI=1S/C16H21NO3S/c1-10(2)12-4-3-11-5-6-14(13(11)7-12)17-15(18)8-21-9-16(19)20/h3-4,7,10,14H,5-6,8-9H2,1-2H3,(H,17,18)(H,19,20). The van der Waals surface area contributed by atoms with Gasteiger partial charge in [0, 0.05) is 0 Å². The molecule has 1 atom stereocenters. The molecule has 1 amide bonds. The van der Waals surface area contributed by atoms with Gasteiger partial charge in [0.15, 0.2) is 0 Å². The number of carboxylic acids is 1. The number of carboxylic acid groups (broad SMARTS) is 1. The summed E-state index contributed by atoms with van der Waals surface area (Å²) in [5, 5.41) is 11.6. The monoisotopic (exact) mass is 307 g/mol. The fourth-order valence-electron chi connectivity index (χ4n) is 2.60. The summed E-state index contributed by atoms with van der Waals surface area (Å²) < 4.78 is 0. The highest BCUT2D eigenvalue weighted by molar-refractivity contribution is 8.00. The van der Waals surface area contributed by atoms with Crippen LogP contribution in [0.4, 0.5) is 0 Å². The van der Waals surface area contributed by atoms with E-state index in [1.165, 1.54) is 16.7 Å². The van der Waals surface area contributed by atoms with Crippen molar-refractivity contribution >= 4 is 23.6 Å². The van der Waals surface area contributed by atoms with Gasteiger partial charge in [-0.25, -0.2) is 0 Å². The molecule has 0 radical (unpaired) electrons. The molecule has 1 unspecified atom stereocenters. The smallest absolute Gasteiger partial charge is 0.313 e. The Balaban J connectivity index is 1.96. The number of hydrogen-bond donors (Lipinski definition) is 2. The van der Waals surface area contributed by atoms with Crippen molar-refractivity contribution in [1.29, 1.82) is 0 Å². The van der Waals surface area contributed by atoms with E-state index in [9.17, 15) is 9.59 Å². The summed E-state index contributed by atoms with van der Waals surface area (Å²) in [4.78, 5) is 22.3. The first-order valence-corrected chi connectivity index (χ1v) is 8.34. The van der Waals surface area contributed by atoms with Crippen LogP contribution in [0.3, 0.4) is 0 Å². The topological polar surface area (TPSA) is 66.4 Å². The Morgan fingerprint density at radius 1 is 1.38 bits per heavy atom. The molecule has 1 aliphatic rings. The Hall–Kier alpha value is -1.49. The van der Waals surface area contributed by atoms with Crippen LogP contribution in [0.1, 0.15) is 48.9 Å². The minimum atomic E-state index is -0.888. The van der Waals surface area contributed by atoms with Crippen molar-refractivity contribution < 1.29 is 14.7 Å². The average Bonchev–Trinajstić information content (AvgIpc) is 2.80. The second kappa shape index (κ2) is 6.98. The lowest BCUT2D eigenvalue weighted by Crippen LogP contribution is -2.29. The number of amides is 1. The highest BCUT2D eigenvalue weighted by Gasteiger charge is 2.24. The first kappa shape index (κ1) is 15.9. The van der Waals surface area contributed by atoms with Crippen molar-refractivity contribution in [2.24, 2.45) is 0 Å². The molecule has 1 aromatic carbocycles. The van der Waals surface area contributed by atoms with Crippen molar-refractivity contribution in [3.05, 3.63) is 34.9 Å². The molecule has 1 aliphatic carbocycles. The molecular weight excluding hydrogens is 286 g/mol. The van der Waals surface area contributed by atoms with Gasteiger partial charge in [-0.2, -0.15) is 0 Å². The summed E-state index contributed by atoms with van der Waals surface area (Å²) in [5.41, 5.74) is 3.82. The highest BCUT2D eigenvalue weighted by Crippen LogP contribution is 2.33. The Labute approximate surface area is 129 Å². The SMILES string of the molecule is CC(C)c1ccc2c(c1)C(NC(=O)CSCC(=O)O)CC2. The first-order valence-electron chi connectivity index (χ1n) is 7.19. The maximum Gasteiger partial charge on any atom is 0.313 e. The van der Waals surface area contributed by atoms with E-state index in [-0.39, 0.29) is 23.5 Å². The summed E-state index contributed by atoms with van der Waals surface area (Å²) in [7, 11) is 0. The molecule has 0 fully saturated rings. The number of thioether (sulfide) groups is 1. The fourth-order valence-corrected chi connectivity index (χ4v) is 3.14. The van der Waals surface area contributed by atoms with Crippen molar-refractivity contribution in [2.75, 3.05) is 11.5 Å². The molecule has 0 saturated carbocycles. The number of carbonyl (C=O) groups excluding carboxylic acids is 1. The number of aliphatic carboxylic acids is 1. The molecule has 0 saturated heterocycles. The highest BCUT2D eigenvalue weighted by atomic mass is 32.2. The van der Waals surface area contributed by atoms with Crippen LogP contribution in [-0.4, -0.2) is 28.5 Å². The van der Waals surface area contributed by atoms with Gasteiger partial charge >= 0.3 is 5.97 Å². The van der Waals surface area contributed by atoms with Crippen molar-refractivity contribution in [1.82, 2.24) is 5.32 Å². The number of hydrogen-bond acceptors (Lipinski definition) is 3. The summed E-state index contributed by atoms with van der Waals surface area (Å²) >= 11 is 1.13. The molecule has 0 bridgehead atoms. The van der Waals surface area contributed by atoms with Gasteiger partial charge in [-0.3, -0.25) is 9.59 Å². The fraction of sp³-hybridized carbons (Fsp3) is 0.500. The van der Waals surface area contributed by atoms with Crippen LogP contribution < -0.4 is 5.32 Å². The molecule has 0 heterocycles. The van der Waals surface area contributed by atoms with Gasteiger partial charge in [-0.15, -0.1) is 11.8 Å². The number of benzene rings is 1. The van der Waals surface area contributed by atoms with Crippen molar-refractivity contribution in [3.8, 4) is 0 Å². The molecule has 5 heteroatoms. The van der Waals surface area contributed by atoms with E-state index in [1.54, 1.807) is 0 Å². The lowest BCUT2D eigenvalue weighted by atomic mass is 9.97. The largest absolute Gasteiger partial charge is 0.481 e. The molecule has 0 spiro atoms. The second-order valence-corrected chi connectivity index (χ2v) is 6.64. The number of nitrogens with one attached hydrogen (secondary N) is 1. The van der Waals surface area contributed by atoms with E-state index in [1.807, 2.05) is 0 Å². The normalized spacial score (nSPS) is 16.8. The Morgan fingerprint density at radius 2 is 2.14 bits per heavy atom. The third-order valence-electron chi connectivity index (χ3n) is 3.71. The van der Waals surface area contributed by atoms with Gasteiger partial charge in [0.05, 0.1) is 17.5 Å². The predicted molar refractivity (Wildman–Crippen MR) is 84.7 cm³/mol. The van der Waals surface area contributed by atoms with Gasteiger partial charge in [0.2, 0.25) is 5.91 Å². The van der Waals surface area contributed by atoms with Crippen LogP contribution in [0.2, 0.25) is 0 Å². The first-order chi connectivity index (χ1) is 9.97. The number of carbonyl (C=O) groups is 2. The van der Waals surface area contributed by atoms with E-state index in [2.05, 4.69) is 37.4 Å². The Kier molecular flexibility index (Phi) is 5.28. The number of fused-ring (bicyclic) bond motifs is 1. The van der Waals surface area contributed by atoms with Crippen LogP contribution in [0.25, 0.3) is 0 Å². The van der Waals surface area contributed by atoms with E-state index in [0.717, 1.165) is 24.6 Å². The lowest BCUT2D eigenvalue weighted by molar-refractivity contribution is -0.133. The Morgan fingerprint density at radius 3 is 2.81 bits per heavy atom. The predicted octanol–water partition coefficient (Wildman–Crippen LogP) is 2.73. The van der Waals surface area contributed by atoms with E-state index < -0.39 is 5.97 Å². The van der Waals surface area contributed by atoms with E-state index in [4.69, 9.17) is 5.11 Å². The summed E-state index contributed by atoms with van der Waals surface area (Å²) in [6.07, 6.45) is 1.91. The summed E-state index contributed by atoms with van der Waals surface area (Å²) in [6.45, 7) is 4.32. The summed E-state index contributed by atoms with van der Waals surface area (Å²) in [5.74, 6) is -0.346. The molecule has 2 N–H and O–H groups in total. The zero-order valence-corrected chi connectivity index (χ0v) is 13.2. The molecule has 21 heavy (non-hydrogen) atoms. The third-order valence-corrected chi connectivity index (χ3v) is 4.63.